The number of aldehydes is 1. The Morgan fingerprint density at radius 1 is 1.23 bits per heavy atom. The van der Waals surface area contributed by atoms with Crippen LogP contribution >= 0.6 is 0 Å². The number of carboxylic acid groups (broad SMARTS) is 1. The number of benzene rings is 1. The first-order valence-electron chi connectivity index (χ1n) is 3.31. The molecule has 0 aromatic heterocycles. The highest BCUT2D eigenvalue weighted by atomic mass is 16.4. The summed E-state index contributed by atoms with van der Waals surface area (Å²) in [6.45, 7) is 0. The van der Waals surface area contributed by atoms with Gasteiger partial charge in [-0.15, -0.1) is 0 Å². The second-order valence-electron chi connectivity index (χ2n) is 2.32. The van der Waals surface area contributed by atoms with Gasteiger partial charge in [0.1, 0.15) is 5.56 Å². The molecular formula is C8H6O5. The maximum absolute atomic E-state index is 10.4. The molecule has 0 saturated heterocycles. The Morgan fingerprint density at radius 3 is 2.31 bits per heavy atom. The van der Waals surface area contributed by atoms with E-state index in [1.807, 2.05) is 0 Å². The van der Waals surface area contributed by atoms with Gasteiger partial charge in [-0.25, -0.2) is 4.79 Å². The van der Waals surface area contributed by atoms with Gasteiger partial charge in [0.2, 0.25) is 0 Å². The monoisotopic (exact) mass is 182 g/mol. The Hall–Kier alpha value is -2.04. The molecule has 1 aromatic rings. The molecule has 0 spiro atoms. The predicted octanol–water partition coefficient (Wildman–Crippen LogP) is 0.608. The summed E-state index contributed by atoms with van der Waals surface area (Å²) in [6.07, 6.45) is 0.320. The van der Waals surface area contributed by atoms with E-state index in [1.54, 1.807) is 0 Å². The van der Waals surface area contributed by atoms with Gasteiger partial charge in [-0.3, -0.25) is 4.79 Å². The zero-order chi connectivity index (χ0) is 10.0. The molecule has 0 heterocycles. The molecule has 68 valence electrons. The summed E-state index contributed by atoms with van der Waals surface area (Å²) in [7, 11) is 0. The van der Waals surface area contributed by atoms with Crippen LogP contribution in [0, 0.1) is 0 Å². The Morgan fingerprint density at radius 2 is 1.85 bits per heavy atom. The van der Waals surface area contributed by atoms with E-state index >= 15 is 0 Å². The number of phenols is 2. The van der Waals surface area contributed by atoms with Crippen LogP contribution in [0.5, 0.6) is 11.5 Å². The second-order valence-corrected chi connectivity index (χ2v) is 2.32. The van der Waals surface area contributed by atoms with Crippen molar-refractivity contribution in [1.82, 2.24) is 0 Å². The molecule has 0 saturated carbocycles. The number of aromatic hydroxyl groups is 2. The van der Waals surface area contributed by atoms with Crippen LogP contribution in [0.15, 0.2) is 12.1 Å². The van der Waals surface area contributed by atoms with Gasteiger partial charge in [0.15, 0.2) is 17.8 Å². The predicted molar refractivity (Wildman–Crippen MR) is 42.1 cm³/mol. The number of aromatic carboxylic acids is 1. The molecule has 5 nitrogen and oxygen atoms in total. The number of rotatable bonds is 2. The Balaban J connectivity index is 3.39. The van der Waals surface area contributed by atoms with Crippen molar-refractivity contribution in [2.75, 3.05) is 0 Å². The topological polar surface area (TPSA) is 94.8 Å². The van der Waals surface area contributed by atoms with Crippen LogP contribution in [0.3, 0.4) is 0 Å². The molecule has 3 N–H and O–H groups in total. The van der Waals surface area contributed by atoms with Gasteiger partial charge < -0.3 is 15.3 Å². The first kappa shape index (κ1) is 9.05. The van der Waals surface area contributed by atoms with Crippen molar-refractivity contribution in [3.63, 3.8) is 0 Å². The zero-order valence-electron chi connectivity index (χ0n) is 6.39. The van der Waals surface area contributed by atoms with Gasteiger partial charge in [-0.2, -0.15) is 0 Å². The van der Waals surface area contributed by atoms with Crippen molar-refractivity contribution in [3.8, 4) is 11.5 Å². The van der Waals surface area contributed by atoms with Gasteiger partial charge in [0.05, 0.1) is 5.56 Å². The highest BCUT2D eigenvalue weighted by Crippen LogP contribution is 2.31. The first-order chi connectivity index (χ1) is 6.07. The number of hydrogen-bond donors (Lipinski definition) is 3. The lowest BCUT2D eigenvalue weighted by Gasteiger charge is -2.03. The highest BCUT2D eigenvalue weighted by Gasteiger charge is 2.15. The average Bonchev–Trinajstić information content (AvgIpc) is 2.09. The smallest absolute Gasteiger partial charge is 0.339 e. The molecule has 0 radical (unpaired) electrons. The maximum atomic E-state index is 10.4. The molecule has 0 unspecified atom stereocenters. The largest absolute Gasteiger partial charge is 0.504 e. The van der Waals surface area contributed by atoms with Crippen LogP contribution in [0.25, 0.3) is 0 Å². The zero-order valence-corrected chi connectivity index (χ0v) is 6.39. The average molecular weight is 182 g/mol. The van der Waals surface area contributed by atoms with Gasteiger partial charge in [0.25, 0.3) is 0 Å². The summed E-state index contributed by atoms with van der Waals surface area (Å²) in [5.41, 5.74) is -0.592. The van der Waals surface area contributed by atoms with E-state index in [0.717, 1.165) is 12.1 Å². The lowest BCUT2D eigenvalue weighted by molar-refractivity contribution is 0.0692. The van der Waals surface area contributed by atoms with Crippen LogP contribution in [0.4, 0.5) is 0 Å². The van der Waals surface area contributed by atoms with Crippen LogP contribution in [-0.4, -0.2) is 27.6 Å². The number of carbonyl (C=O) groups is 2. The van der Waals surface area contributed by atoms with Crippen molar-refractivity contribution in [3.05, 3.63) is 23.3 Å². The van der Waals surface area contributed by atoms with Crippen molar-refractivity contribution in [2.45, 2.75) is 0 Å². The Bertz CT molecular complexity index is 369. The number of carbonyl (C=O) groups excluding carboxylic acids is 1. The number of carboxylic acids is 1. The minimum Gasteiger partial charge on any atom is -0.504 e. The van der Waals surface area contributed by atoms with Gasteiger partial charge >= 0.3 is 5.97 Å². The molecule has 0 atom stereocenters. The fourth-order valence-electron chi connectivity index (χ4n) is 0.863. The van der Waals surface area contributed by atoms with E-state index in [4.69, 9.17) is 15.3 Å². The quantitative estimate of drug-likeness (QED) is 0.460. The lowest BCUT2D eigenvalue weighted by Crippen LogP contribution is -1.97. The summed E-state index contributed by atoms with van der Waals surface area (Å²) in [5, 5.41) is 26.7. The van der Waals surface area contributed by atoms with E-state index in [2.05, 4.69) is 0 Å². The van der Waals surface area contributed by atoms with Crippen molar-refractivity contribution < 1.29 is 24.9 Å². The van der Waals surface area contributed by atoms with E-state index < -0.39 is 23.0 Å². The fraction of sp³-hybridized carbons (Fsp3) is 0. The van der Waals surface area contributed by atoms with E-state index in [-0.39, 0.29) is 5.56 Å². The number of phenolic OH excluding ortho intramolecular Hbond substituents is 1. The standard InChI is InChI=1S/C8H6O5/c9-3-4-1-2-5(8(12)13)7(11)6(4)10/h1-3,10-11H,(H,12,13). The molecular weight excluding hydrogens is 176 g/mol. The van der Waals surface area contributed by atoms with Gasteiger partial charge in [0, 0.05) is 0 Å². The third kappa shape index (κ3) is 1.44. The molecule has 0 bridgehead atoms. The molecule has 1 rings (SSSR count). The molecule has 13 heavy (non-hydrogen) atoms. The molecule has 0 amide bonds. The summed E-state index contributed by atoms with van der Waals surface area (Å²) in [5.74, 6) is -2.88. The van der Waals surface area contributed by atoms with E-state index in [0.29, 0.717) is 6.29 Å². The second kappa shape index (κ2) is 3.14. The minimum atomic E-state index is -1.37. The van der Waals surface area contributed by atoms with Crippen LogP contribution < -0.4 is 0 Å². The fourth-order valence-corrected chi connectivity index (χ4v) is 0.863. The molecule has 5 heteroatoms. The van der Waals surface area contributed by atoms with Gasteiger partial charge in [-0.05, 0) is 12.1 Å². The summed E-state index contributed by atoms with van der Waals surface area (Å²) >= 11 is 0. The minimum absolute atomic E-state index is 0.150. The number of hydrogen-bond acceptors (Lipinski definition) is 4. The molecule has 1 aromatic carbocycles. The summed E-state index contributed by atoms with van der Waals surface area (Å²) in [6, 6.07) is 2.16. The van der Waals surface area contributed by atoms with Crippen molar-refractivity contribution >= 4 is 12.3 Å². The normalized spacial score (nSPS) is 9.54. The van der Waals surface area contributed by atoms with Crippen LogP contribution in [-0.2, 0) is 0 Å². The third-order valence-corrected chi connectivity index (χ3v) is 1.54. The first-order valence-corrected chi connectivity index (χ1v) is 3.31. The van der Waals surface area contributed by atoms with Crippen molar-refractivity contribution in [2.24, 2.45) is 0 Å². The SMILES string of the molecule is O=Cc1ccc(C(=O)O)c(O)c1O. The van der Waals surface area contributed by atoms with E-state index in [1.165, 1.54) is 0 Å². The molecule has 0 aliphatic heterocycles. The van der Waals surface area contributed by atoms with Crippen molar-refractivity contribution in [1.29, 1.82) is 0 Å². The van der Waals surface area contributed by atoms with Crippen LogP contribution in [0.2, 0.25) is 0 Å². The maximum Gasteiger partial charge on any atom is 0.339 e. The summed E-state index contributed by atoms with van der Waals surface area (Å²) < 4.78 is 0. The van der Waals surface area contributed by atoms with Crippen LogP contribution in [0.1, 0.15) is 20.7 Å². The molecule has 0 fully saturated rings. The Kier molecular flexibility index (Phi) is 2.19. The third-order valence-electron chi connectivity index (χ3n) is 1.54. The summed E-state index contributed by atoms with van der Waals surface area (Å²) in [4.78, 5) is 20.7. The van der Waals surface area contributed by atoms with E-state index in [9.17, 15) is 9.59 Å². The van der Waals surface area contributed by atoms with Gasteiger partial charge in [-0.1, -0.05) is 0 Å². The molecule has 0 aliphatic rings. The Labute approximate surface area is 72.9 Å². The molecule has 0 aliphatic carbocycles. The highest BCUT2D eigenvalue weighted by molar-refractivity contribution is 5.94. The lowest BCUT2D eigenvalue weighted by atomic mass is 10.1.